The van der Waals surface area contributed by atoms with Gasteiger partial charge in [0.25, 0.3) is 5.56 Å². The van der Waals surface area contributed by atoms with Crippen LogP contribution in [0.2, 0.25) is 0 Å². The van der Waals surface area contributed by atoms with Crippen molar-refractivity contribution >= 4 is 0 Å². The summed E-state index contributed by atoms with van der Waals surface area (Å²) < 4.78 is 0. The van der Waals surface area contributed by atoms with Gasteiger partial charge in [0, 0.05) is 7.05 Å². The molecule has 1 aliphatic heterocycles. The Bertz CT molecular complexity index is 1110. The van der Waals surface area contributed by atoms with E-state index in [4.69, 9.17) is 0 Å². The first-order valence-electron chi connectivity index (χ1n) is 6.57. The van der Waals surface area contributed by atoms with Gasteiger partial charge in [-0.25, -0.2) is 9.78 Å². The van der Waals surface area contributed by atoms with Crippen molar-refractivity contribution in [3.05, 3.63) is 66.6 Å². The fourth-order valence-electron chi connectivity index (χ4n) is 2.35. The molecule has 2 heterocycles. The third-order valence-corrected chi connectivity index (χ3v) is 3.40. The molecule has 8 heteroatoms. The van der Waals surface area contributed by atoms with Crippen LogP contribution in [0.1, 0.15) is 5.56 Å². The summed E-state index contributed by atoms with van der Waals surface area (Å²) in [5.41, 5.74) is 0.217. The van der Waals surface area contributed by atoms with Crippen LogP contribution >= 0.6 is 0 Å². The van der Waals surface area contributed by atoms with E-state index in [-0.39, 0.29) is 11.3 Å². The third-order valence-electron chi connectivity index (χ3n) is 3.40. The monoisotopic (exact) mass is 559 g/mol. The van der Waals surface area contributed by atoms with Crippen molar-refractivity contribution in [2.24, 2.45) is 4.99 Å². The molecular weight excluding hydrogens is 546 g/mol. The average molecular weight is 559 g/mol. The number of aromatic amines is 2. The molecular formula is C15H13LrN4O3-. The average Bonchev–Trinajstić information content (AvgIpc) is 2.67. The number of hydrogen-bond acceptors (Lipinski definition) is 5. The Balaban J connectivity index is 0.00000192. The molecule has 1 aromatic heterocycles. The largest absolute Gasteiger partial charge is 0.494 e. The molecule has 0 saturated carbocycles. The molecule has 1 radical (unpaired) electrons. The third kappa shape index (κ3) is 2.35. The van der Waals surface area contributed by atoms with Crippen LogP contribution in [0.15, 0.2) is 38.8 Å². The van der Waals surface area contributed by atoms with Gasteiger partial charge in [-0.15, -0.1) is 12.1 Å². The number of aromatic hydroxyl groups is 1. The van der Waals surface area contributed by atoms with Gasteiger partial charge in [0.1, 0.15) is 11.1 Å². The summed E-state index contributed by atoms with van der Waals surface area (Å²) in [6.07, 6.45) is 0. The molecule has 3 N–H and O–H groups in total. The molecule has 127 valence electrons. The van der Waals surface area contributed by atoms with E-state index in [2.05, 4.69) is 19.9 Å². The summed E-state index contributed by atoms with van der Waals surface area (Å²) in [6.45, 7) is 1.94. The maximum Gasteiger partial charge on any atom is 0.328 e. The van der Waals surface area contributed by atoms with Crippen LogP contribution in [-0.2, 0) is 0 Å². The van der Waals surface area contributed by atoms with Crippen LogP contribution in [-0.4, -0.2) is 27.1 Å². The molecule has 23 heavy (non-hydrogen) atoms. The summed E-state index contributed by atoms with van der Waals surface area (Å²) in [6, 6.07) is 7.47. The zero-order valence-electron chi connectivity index (χ0n) is 12.2. The van der Waals surface area contributed by atoms with E-state index in [9.17, 15) is 14.7 Å². The van der Waals surface area contributed by atoms with Crippen molar-refractivity contribution in [2.45, 2.75) is 6.92 Å². The van der Waals surface area contributed by atoms with Gasteiger partial charge >= 0.3 is 5.69 Å². The molecule has 1 aliphatic carbocycles. The number of rotatable bonds is 1. The first kappa shape index (κ1) is 15.3. The number of nitrogens with one attached hydrogen (secondary N) is 2. The molecule has 3 rings (SSSR count). The Labute approximate surface area is 123 Å². The Morgan fingerprint density at radius 2 is 1.83 bits per heavy atom. The van der Waals surface area contributed by atoms with Crippen LogP contribution < -0.4 is 16.7 Å². The zero-order valence-corrected chi connectivity index (χ0v) is 14.4. The number of aryl methyl sites for hydroxylation is 1. The van der Waals surface area contributed by atoms with Gasteiger partial charge in [0.15, 0.2) is 0 Å². The number of hydrogen-bond donors (Lipinski definition) is 3. The maximum absolute atomic E-state index is 12.0. The fraction of sp³-hybridized carbons (Fsp3) is 0.133. The van der Waals surface area contributed by atoms with Crippen LogP contribution in [0.5, 0.6) is 5.88 Å². The topological polar surface area (TPSA) is 111 Å². The Morgan fingerprint density at radius 3 is 2.43 bits per heavy atom. The minimum absolute atomic E-state index is 0. The van der Waals surface area contributed by atoms with Crippen molar-refractivity contribution in [1.82, 2.24) is 15.0 Å². The van der Waals surface area contributed by atoms with Gasteiger partial charge in [0.2, 0.25) is 5.88 Å². The molecule has 0 amide bonds. The van der Waals surface area contributed by atoms with Gasteiger partial charge in [-0.3, -0.25) is 19.8 Å². The summed E-state index contributed by atoms with van der Waals surface area (Å²) in [5.74, 6) is -0.515. The van der Waals surface area contributed by atoms with Crippen LogP contribution in [0, 0.1) is 17.4 Å². The van der Waals surface area contributed by atoms with Crippen molar-refractivity contribution in [3.8, 4) is 17.1 Å². The molecule has 0 bridgehead atoms. The Morgan fingerprint density at radius 1 is 1.17 bits per heavy atom. The van der Waals surface area contributed by atoms with E-state index in [0.717, 1.165) is 10.8 Å². The van der Waals surface area contributed by atoms with Crippen molar-refractivity contribution < 1.29 is 5.11 Å². The number of H-pyrrole nitrogens is 2. The van der Waals surface area contributed by atoms with Crippen LogP contribution in [0.3, 0.4) is 0 Å². The Kier molecular flexibility index (Phi) is 3.57. The van der Waals surface area contributed by atoms with E-state index in [1.165, 1.54) is 0 Å². The molecule has 7 nitrogen and oxygen atoms in total. The Hall–Kier alpha value is -4.09. The van der Waals surface area contributed by atoms with Gasteiger partial charge in [-0.2, -0.15) is 17.7 Å². The minimum atomic E-state index is -0.774. The number of aromatic nitrogens is 3. The smallest absolute Gasteiger partial charge is 0.328 e. The second-order valence-electron chi connectivity index (χ2n) is 4.88. The van der Waals surface area contributed by atoms with Crippen molar-refractivity contribution in [2.75, 3.05) is 7.05 Å². The van der Waals surface area contributed by atoms with E-state index >= 15 is 0 Å². The van der Waals surface area contributed by atoms with Crippen molar-refractivity contribution in [1.29, 1.82) is 0 Å². The summed E-state index contributed by atoms with van der Waals surface area (Å²) >= 11 is 0. The quantitative estimate of drug-likeness (QED) is 0.368. The summed E-state index contributed by atoms with van der Waals surface area (Å²) in [4.78, 5) is 35.9. The van der Waals surface area contributed by atoms with E-state index in [1.54, 1.807) is 7.05 Å². The molecule has 0 saturated heterocycles. The van der Waals surface area contributed by atoms with Gasteiger partial charge in [-0.05, 0) is 5.22 Å². The van der Waals surface area contributed by atoms with E-state index < -0.39 is 17.1 Å². The molecule has 0 aromatic carbocycles. The molecule has 1 aromatic rings. The first-order valence-corrected chi connectivity index (χ1v) is 6.57. The normalized spacial score (nSPS) is 11.5. The standard InChI is InChI=1S/C15H13N4O3.Lr/c1-7-3-5-8-9(6-4-7)12(16-2)17-11(8)10-13(20)18-15(22)19-14(10)21;/h3-6H,1-2H3,(H3,18,19,20,21,22);/q-1;. The first-order chi connectivity index (χ1) is 10.5. The SMILES string of the molecule is CN=c1nc(-c2c(O)[nH]c(=O)[nH]c2=O)c2cc[c-](C)ccc1=2.[Lr]. The van der Waals surface area contributed by atoms with E-state index in [1.807, 2.05) is 31.2 Å². The minimum Gasteiger partial charge on any atom is -0.494 e. The van der Waals surface area contributed by atoms with E-state index in [0.29, 0.717) is 10.7 Å². The molecule has 0 spiro atoms. The van der Waals surface area contributed by atoms with Crippen LogP contribution in [0.4, 0.5) is 0 Å². The fourth-order valence-corrected chi connectivity index (χ4v) is 2.35. The van der Waals surface area contributed by atoms with Gasteiger partial charge < -0.3 is 5.11 Å². The van der Waals surface area contributed by atoms with Crippen LogP contribution in [0.25, 0.3) is 11.3 Å². The second-order valence-corrected chi connectivity index (χ2v) is 4.88. The maximum atomic E-state index is 12.0. The predicted octanol–water partition coefficient (Wildman–Crippen LogP) is 0.113. The van der Waals surface area contributed by atoms with Gasteiger partial charge in [0.05, 0.1) is 5.69 Å². The number of nitrogens with zero attached hydrogens (tertiary/aromatic N) is 2. The molecule has 0 unspecified atom stereocenters. The molecule has 0 fully saturated rings. The van der Waals surface area contributed by atoms with Gasteiger partial charge in [-0.1, -0.05) is 12.1 Å². The summed E-state index contributed by atoms with van der Waals surface area (Å²) in [5, 5.41) is 11.4. The summed E-state index contributed by atoms with van der Waals surface area (Å²) in [7, 11) is 1.60. The molecule has 2 aliphatic rings. The molecule has 0 atom stereocenters. The predicted molar refractivity (Wildman–Crippen MR) is 79.7 cm³/mol. The second kappa shape index (κ2) is 5.36. The van der Waals surface area contributed by atoms with Crippen molar-refractivity contribution in [3.63, 3.8) is 0 Å². The zero-order chi connectivity index (χ0) is 15.9.